The van der Waals surface area contributed by atoms with Gasteiger partial charge < -0.3 is 0 Å². The van der Waals surface area contributed by atoms with E-state index < -0.39 is 0 Å². The maximum absolute atomic E-state index is 4.30. The number of nitrogens with zero attached hydrogens (tertiary/aromatic N) is 1. The highest BCUT2D eigenvalue weighted by atomic mass is 32.1. The average Bonchev–Trinajstić information content (AvgIpc) is 3.51. The molecule has 9 aromatic rings. The van der Waals surface area contributed by atoms with Crippen molar-refractivity contribution in [1.29, 1.82) is 0 Å². The number of fused-ring (bicyclic) bond motifs is 5. The third kappa shape index (κ3) is 4.18. The Hall–Kier alpha value is -5.57. The van der Waals surface area contributed by atoms with E-state index in [1.807, 2.05) is 29.8 Å². The molecule has 1 nitrogen and oxygen atoms in total. The van der Waals surface area contributed by atoms with E-state index in [0.29, 0.717) is 0 Å². The van der Waals surface area contributed by atoms with Gasteiger partial charge in [-0.1, -0.05) is 146 Å². The van der Waals surface area contributed by atoms with Crippen molar-refractivity contribution in [3.63, 3.8) is 0 Å². The van der Waals surface area contributed by atoms with Gasteiger partial charge in [0.2, 0.25) is 0 Å². The maximum Gasteiger partial charge on any atom is 0.0434 e. The van der Waals surface area contributed by atoms with E-state index >= 15 is 0 Å². The van der Waals surface area contributed by atoms with Crippen molar-refractivity contribution < 1.29 is 0 Å². The van der Waals surface area contributed by atoms with Crippen molar-refractivity contribution >= 4 is 53.1 Å². The Morgan fingerprint density at radius 2 is 0.844 bits per heavy atom. The Labute approximate surface area is 265 Å². The Balaban J connectivity index is 1.30. The number of pyridine rings is 1. The summed E-state index contributed by atoms with van der Waals surface area (Å²) in [6, 6.07) is 55.2. The molecule has 0 atom stereocenters. The minimum Gasteiger partial charge on any atom is -0.264 e. The van der Waals surface area contributed by atoms with Gasteiger partial charge in [0.1, 0.15) is 0 Å². The lowest BCUT2D eigenvalue weighted by molar-refractivity contribution is 1.33. The zero-order valence-electron chi connectivity index (χ0n) is 24.4. The van der Waals surface area contributed by atoms with Crippen LogP contribution in [-0.4, -0.2) is 4.98 Å². The highest BCUT2D eigenvalue weighted by Crippen LogP contribution is 2.49. The maximum atomic E-state index is 4.30. The van der Waals surface area contributed by atoms with Crippen molar-refractivity contribution in [2.75, 3.05) is 0 Å². The number of aromatic nitrogens is 1. The fourth-order valence-electron chi connectivity index (χ4n) is 6.95. The van der Waals surface area contributed by atoms with Crippen LogP contribution in [0.3, 0.4) is 0 Å². The van der Waals surface area contributed by atoms with Crippen molar-refractivity contribution in [3.8, 4) is 44.5 Å². The molecule has 210 valence electrons. The summed E-state index contributed by atoms with van der Waals surface area (Å²) in [5.74, 6) is 0. The first-order valence-electron chi connectivity index (χ1n) is 15.3. The van der Waals surface area contributed by atoms with Crippen LogP contribution in [-0.2, 0) is 0 Å². The van der Waals surface area contributed by atoms with Gasteiger partial charge in [0.05, 0.1) is 0 Å². The summed E-state index contributed by atoms with van der Waals surface area (Å²) >= 11 is 1.91. The molecular formula is C43H27NS. The first kappa shape index (κ1) is 25.9. The quantitative estimate of drug-likeness (QED) is 0.186. The normalized spacial score (nSPS) is 11.6. The van der Waals surface area contributed by atoms with E-state index in [-0.39, 0.29) is 0 Å². The fourth-order valence-corrected chi connectivity index (χ4v) is 8.31. The number of benzene rings is 7. The SMILES string of the molecule is c1ccc(-c2c3ccccc3c(-c3cccc4c3sc3c(-c5ccc(-c6cccnc6)cc5)cccc34)c3ccccc23)cc1. The Morgan fingerprint density at radius 1 is 0.333 bits per heavy atom. The molecule has 2 aromatic heterocycles. The summed E-state index contributed by atoms with van der Waals surface area (Å²) < 4.78 is 2.65. The van der Waals surface area contributed by atoms with Gasteiger partial charge in [-0.25, -0.2) is 0 Å². The van der Waals surface area contributed by atoms with E-state index in [0.717, 1.165) is 5.56 Å². The van der Waals surface area contributed by atoms with Crippen LogP contribution >= 0.6 is 11.3 Å². The molecular weight excluding hydrogens is 563 g/mol. The molecule has 0 aliphatic heterocycles. The first-order valence-corrected chi connectivity index (χ1v) is 16.1. The van der Waals surface area contributed by atoms with Gasteiger partial charge in [-0.3, -0.25) is 4.98 Å². The zero-order valence-corrected chi connectivity index (χ0v) is 25.3. The number of hydrogen-bond acceptors (Lipinski definition) is 2. The monoisotopic (exact) mass is 589 g/mol. The predicted molar refractivity (Wildman–Crippen MR) is 194 cm³/mol. The van der Waals surface area contributed by atoms with Crippen LogP contribution in [0.2, 0.25) is 0 Å². The van der Waals surface area contributed by atoms with Gasteiger partial charge in [0.15, 0.2) is 0 Å². The smallest absolute Gasteiger partial charge is 0.0434 e. The van der Waals surface area contributed by atoms with E-state index in [4.69, 9.17) is 0 Å². The van der Waals surface area contributed by atoms with Gasteiger partial charge >= 0.3 is 0 Å². The van der Waals surface area contributed by atoms with Crippen molar-refractivity contribution in [3.05, 3.63) is 164 Å². The summed E-state index contributed by atoms with van der Waals surface area (Å²) in [6.07, 6.45) is 3.74. The van der Waals surface area contributed by atoms with Crippen LogP contribution < -0.4 is 0 Å². The minimum atomic E-state index is 1.13. The molecule has 0 saturated carbocycles. The largest absolute Gasteiger partial charge is 0.264 e. The second-order valence-corrected chi connectivity index (χ2v) is 12.5. The van der Waals surface area contributed by atoms with E-state index in [9.17, 15) is 0 Å². The molecule has 2 heteroatoms. The van der Waals surface area contributed by atoms with Crippen LogP contribution in [0.1, 0.15) is 0 Å². The lowest BCUT2D eigenvalue weighted by atomic mass is 9.86. The lowest BCUT2D eigenvalue weighted by Gasteiger charge is -2.18. The number of rotatable bonds is 4. The van der Waals surface area contributed by atoms with Gasteiger partial charge in [0, 0.05) is 38.1 Å². The summed E-state index contributed by atoms with van der Waals surface area (Å²) in [5, 5.41) is 7.74. The Morgan fingerprint density at radius 3 is 1.47 bits per heavy atom. The summed E-state index contributed by atoms with van der Waals surface area (Å²) in [5.41, 5.74) is 9.94. The molecule has 45 heavy (non-hydrogen) atoms. The molecule has 7 aromatic carbocycles. The molecule has 0 fully saturated rings. The fraction of sp³-hybridized carbons (Fsp3) is 0. The summed E-state index contributed by atoms with van der Waals surface area (Å²) in [7, 11) is 0. The van der Waals surface area contributed by atoms with Gasteiger partial charge in [-0.05, 0) is 66.6 Å². The molecule has 0 unspecified atom stereocenters. The third-order valence-electron chi connectivity index (χ3n) is 8.98. The highest BCUT2D eigenvalue weighted by molar-refractivity contribution is 7.26. The van der Waals surface area contributed by atoms with E-state index in [2.05, 4.69) is 151 Å². The predicted octanol–water partition coefficient (Wildman–Crippen LogP) is 12.4. The van der Waals surface area contributed by atoms with Crippen molar-refractivity contribution in [1.82, 2.24) is 4.98 Å². The Kier molecular flexibility index (Phi) is 6.07. The van der Waals surface area contributed by atoms with Crippen LogP contribution in [0, 0.1) is 0 Å². The molecule has 0 saturated heterocycles. The molecule has 0 aliphatic carbocycles. The van der Waals surface area contributed by atoms with Crippen LogP contribution in [0.25, 0.3) is 86.2 Å². The van der Waals surface area contributed by atoms with E-state index in [1.165, 1.54) is 80.7 Å². The Bertz CT molecular complexity index is 2450. The number of hydrogen-bond donors (Lipinski definition) is 0. The zero-order chi connectivity index (χ0) is 29.7. The average molecular weight is 590 g/mol. The van der Waals surface area contributed by atoms with E-state index in [1.54, 1.807) is 0 Å². The van der Waals surface area contributed by atoms with Crippen LogP contribution in [0.15, 0.2) is 164 Å². The van der Waals surface area contributed by atoms with Crippen molar-refractivity contribution in [2.45, 2.75) is 0 Å². The summed E-state index contributed by atoms with van der Waals surface area (Å²) in [4.78, 5) is 4.30. The molecule has 0 bridgehead atoms. The second kappa shape index (κ2) is 10.6. The molecule has 2 heterocycles. The topological polar surface area (TPSA) is 12.9 Å². The first-order chi connectivity index (χ1) is 22.3. The number of thiophene rings is 1. The molecule has 0 amide bonds. The van der Waals surface area contributed by atoms with Gasteiger partial charge in [0.25, 0.3) is 0 Å². The van der Waals surface area contributed by atoms with Crippen LogP contribution in [0.4, 0.5) is 0 Å². The highest BCUT2D eigenvalue weighted by Gasteiger charge is 2.20. The van der Waals surface area contributed by atoms with Gasteiger partial charge in [-0.2, -0.15) is 0 Å². The molecule has 0 aliphatic rings. The summed E-state index contributed by atoms with van der Waals surface area (Å²) in [6.45, 7) is 0. The minimum absolute atomic E-state index is 1.13. The molecule has 0 spiro atoms. The van der Waals surface area contributed by atoms with Gasteiger partial charge in [-0.15, -0.1) is 11.3 Å². The third-order valence-corrected chi connectivity index (χ3v) is 10.3. The lowest BCUT2D eigenvalue weighted by Crippen LogP contribution is -1.90. The van der Waals surface area contributed by atoms with Crippen molar-refractivity contribution in [2.24, 2.45) is 0 Å². The second-order valence-electron chi connectivity index (χ2n) is 11.5. The molecule has 0 N–H and O–H groups in total. The van der Waals surface area contributed by atoms with Crippen LogP contribution in [0.5, 0.6) is 0 Å². The molecule has 9 rings (SSSR count). The standard InChI is InChI=1S/C43H27NS/c1-2-11-30(12-3-1)40-33-14-4-6-16-35(33)41(36-17-7-5-15-34(36)40)39-21-9-20-38-37-19-8-18-32(42(37)45-43(38)39)29-24-22-28(23-25-29)31-13-10-26-44-27-31/h1-27H. The molecule has 0 radical (unpaired) electrons.